The summed E-state index contributed by atoms with van der Waals surface area (Å²) >= 11 is 11.8. The van der Waals surface area contributed by atoms with E-state index in [1.54, 1.807) is 17.6 Å². The van der Waals surface area contributed by atoms with E-state index in [0.29, 0.717) is 22.0 Å². The van der Waals surface area contributed by atoms with Crippen molar-refractivity contribution in [2.45, 2.75) is 38.7 Å². The first-order valence-corrected chi connectivity index (χ1v) is 7.24. The largest absolute Gasteiger partial charge is 0.352 e. The van der Waals surface area contributed by atoms with Crippen molar-refractivity contribution in [1.29, 1.82) is 0 Å². The number of amides is 1. The quantitative estimate of drug-likeness (QED) is 0.883. The van der Waals surface area contributed by atoms with Crippen molar-refractivity contribution in [3.63, 3.8) is 0 Å². The number of fused-ring (bicyclic) bond motifs is 1. The first-order valence-electron chi connectivity index (χ1n) is 6.32. The Labute approximate surface area is 127 Å². The molecule has 5 nitrogen and oxygen atoms in total. The first kappa shape index (κ1) is 15.1. The Morgan fingerprint density at radius 2 is 2.15 bits per heavy atom. The van der Waals surface area contributed by atoms with Crippen LogP contribution in [0.1, 0.15) is 32.6 Å². The lowest BCUT2D eigenvalue weighted by Crippen LogP contribution is -2.36. The number of halogens is 2. The van der Waals surface area contributed by atoms with Crippen LogP contribution in [0.25, 0.3) is 11.2 Å². The molecule has 7 heteroatoms. The van der Waals surface area contributed by atoms with Crippen molar-refractivity contribution in [1.82, 2.24) is 19.9 Å². The number of carbonyl (C=O) groups is 1. The van der Waals surface area contributed by atoms with Gasteiger partial charge in [0.25, 0.3) is 0 Å². The van der Waals surface area contributed by atoms with Gasteiger partial charge in [0.2, 0.25) is 5.91 Å². The summed E-state index contributed by atoms with van der Waals surface area (Å²) < 4.78 is 1.75. The molecule has 2 aromatic heterocycles. The van der Waals surface area contributed by atoms with Crippen LogP contribution in [0.15, 0.2) is 12.3 Å². The molecule has 0 saturated carbocycles. The molecule has 2 heterocycles. The molecule has 2 aromatic rings. The van der Waals surface area contributed by atoms with Crippen LogP contribution in [-0.2, 0) is 10.7 Å². The summed E-state index contributed by atoms with van der Waals surface area (Å²) in [4.78, 5) is 20.8. The fraction of sp³-hybridized carbons (Fsp3) is 0.462. The summed E-state index contributed by atoms with van der Waals surface area (Å²) in [6.45, 7) is 5.62. The second-order valence-electron chi connectivity index (χ2n) is 4.87. The summed E-state index contributed by atoms with van der Waals surface area (Å²) in [6.07, 6.45) is 1.53. The highest BCUT2D eigenvalue weighted by molar-refractivity contribution is 6.31. The third-order valence-electron chi connectivity index (χ3n) is 2.89. The molecule has 0 radical (unpaired) electrons. The number of hydrogen-bond donors (Lipinski definition) is 1. The molecule has 0 aliphatic heterocycles. The van der Waals surface area contributed by atoms with Crippen LogP contribution >= 0.6 is 23.2 Å². The fourth-order valence-corrected chi connectivity index (χ4v) is 2.37. The van der Waals surface area contributed by atoms with Crippen molar-refractivity contribution in [3.05, 3.63) is 23.1 Å². The van der Waals surface area contributed by atoms with Crippen LogP contribution in [0.4, 0.5) is 0 Å². The van der Waals surface area contributed by atoms with Crippen molar-refractivity contribution in [2.24, 2.45) is 0 Å². The van der Waals surface area contributed by atoms with Gasteiger partial charge in [-0.15, -0.1) is 11.6 Å². The predicted molar refractivity (Wildman–Crippen MR) is 80.1 cm³/mol. The number of imidazole rings is 1. The van der Waals surface area contributed by atoms with Gasteiger partial charge in [-0.25, -0.2) is 9.97 Å². The van der Waals surface area contributed by atoms with E-state index >= 15 is 0 Å². The molecule has 20 heavy (non-hydrogen) atoms. The SMILES string of the molecule is CC(C)NC(=O)C(C)n1c(CCl)nc2cc(Cl)cnc21. The average Bonchev–Trinajstić information content (AvgIpc) is 2.74. The molecular formula is C13H16Cl2N4O. The summed E-state index contributed by atoms with van der Waals surface area (Å²) in [7, 11) is 0. The number of rotatable bonds is 4. The summed E-state index contributed by atoms with van der Waals surface area (Å²) in [5.41, 5.74) is 1.24. The molecule has 1 atom stereocenters. The van der Waals surface area contributed by atoms with Crippen molar-refractivity contribution in [3.8, 4) is 0 Å². The zero-order valence-corrected chi connectivity index (χ0v) is 13.0. The van der Waals surface area contributed by atoms with Gasteiger partial charge in [-0.3, -0.25) is 9.36 Å². The Bertz CT molecular complexity index is 639. The van der Waals surface area contributed by atoms with Crippen LogP contribution in [0.2, 0.25) is 5.02 Å². The Hall–Kier alpha value is -1.33. The highest BCUT2D eigenvalue weighted by atomic mass is 35.5. The molecule has 2 rings (SSSR count). The van der Waals surface area contributed by atoms with Crippen LogP contribution < -0.4 is 5.32 Å². The van der Waals surface area contributed by atoms with Crippen LogP contribution in [0.5, 0.6) is 0 Å². The lowest BCUT2D eigenvalue weighted by molar-refractivity contribution is -0.124. The third kappa shape index (κ3) is 2.88. The predicted octanol–water partition coefficient (Wildman–Crippen LogP) is 2.91. The number of aromatic nitrogens is 3. The highest BCUT2D eigenvalue weighted by Gasteiger charge is 2.22. The van der Waals surface area contributed by atoms with Crippen LogP contribution in [0.3, 0.4) is 0 Å². The van der Waals surface area contributed by atoms with Gasteiger partial charge < -0.3 is 5.32 Å². The maximum Gasteiger partial charge on any atom is 0.243 e. The number of pyridine rings is 1. The molecule has 0 bridgehead atoms. The topological polar surface area (TPSA) is 59.8 Å². The molecular weight excluding hydrogens is 299 g/mol. The minimum absolute atomic E-state index is 0.0709. The number of hydrogen-bond acceptors (Lipinski definition) is 3. The number of alkyl halides is 1. The van der Waals surface area contributed by atoms with Gasteiger partial charge in [0.05, 0.1) is 10.9 Å². The molecule has 0 aliphatic rings. The second kappa shape index (κ2) is 5.97. The summed E-state index contributed by atoms with van der Waals surface area (Å²) in [5, 5.41) is 3.38. The molecule has 1 unspecified atom stereocenters. The van der Waals surface area contributed by atoms with E-state index in [9.17, 15) is 4.79 Å². The first-order chi connectivity index (χ1) is 9.43. The molecule has 0 aromatic carbocycles. The Morgan fingerprint density at radius 1 is 1.45 bits per heavy atom. The number of nitrogens with one attached hydrogen (secondary N) is 1. The van der Waals surface area contributed by atoms with E-state index in [1.165, 1.54) is 6.20 Å². The van der Waals surface area contributed by atoms with Crippen molar-refractivity contribution >= 4 is 40.3 Å². The second-order valence-corrected chi connectivity index (χ2v) is 5.57. The number of nitrogens with zero attached hydrogens (tertiary/aromatic N) is 3. The number of carbonyl (C=O) groups excluding carboxylic acids is 1. The molecule has 1 amide bonds. The van der Waals surface area contributed by atoms with Gasteiger partial charge >= 0.3 is 0 Å². The molecule has 0 fully saturated rings. The van der Waals surface area contributed by atoms with Crippen molar-refractivity contribution < 1.29 is 4.79 Å². The minimum atomic E-state index is -0.440. The Morgan fingerprint density at radius 3 is 2.75 bits per heavy atom. The lowest BCUT2D eigenvalue weighted by atomic mass is 10.2. The van der Waals surface area contributed by atoms with E-state index in [-0.39, 0.29) is 17.8 Å². The van der Waals surface area contributed by atoms with E-state index < -0.39 is 6.04 Å². The fourth-order valence-electron chi connectivity index (χ4n) is 2.03. The average molecular weight is 315 g/mol. The van der Waals surface area contributed by atoms with E-state index in [0.717, 1.165) is 0 Å². The smallest absolute Gasteiger partial charge is 0.243 e. The van der Waals surface area contributed by atoms with Gasteiger partial charge in [-0.05, 0) is 26.8 Å². The third-order valence-corrected chi connectivity index (χ3v) is 3.33. The maximum absolute atomic E-state index is 12.2. The maximum atomic E-state index is 12.2. The van der Waals surface area contributed by atoms with E-state index in [2.05, 4.69) is 15.3 Å². The van der Waals surface area contributed by atoms with Gasteiger partial charge in [-0.1, -0.05) is 11.6 Å². The molecule has 0 spiro atoms. The highest BCUT2D eigenvalue weighted by Crippen LogP contribution is 2.23. The molecule has 108 valence electrons. The van der Waals surface area contributed by atoms with Gasteiger partial charge in [-0.2, -0.15) is 0 Å². The van der Waals surface area contributed by atoms with E-state index in [1.807, 2.05) is 13.8 Å². The Balaban J connectivity index is 2.49. The van der Waals surface area contributed by atoms with Crippen LogP contribution in [0, 0.1) is 0 Å². The zero-order valence-electron chi connectivity index (χ0n) is 11.5. The standard InChI is InChI=1S/C13H16Cl2N4O/c1-7(2)17-13(20)8(3)19-11(5-14)18-10-4-9(15)6-16-12(10)19/h4,6-8H,5H2,1-3H3,(H,17,20). The minimum Gasteiger partial charge on any atom is -0.352 e. The van der Waals surface area contributed by atoms with Gasteiger partial charge in [0.1, 0.15) is 17.4 Å². The summed E-state index contributed by atoms with van der Waals surface area (Å²) in [5.74, 6) is 0.707. The monoisotopic (exact) mass is 314 g/mol. The Kier molecular flexibility index (Phi) is 4.50. The van der Waals surface area contributed by atoms with Crippen molar-refractivity contribution in [2.75, 3.05) is 0 Å². The van der Waals surface area contributed by atoms with Gasteiger partial charge in [0, 0.05) is 12.2 Å². The summed E-state index contributed by atoms with van der Waals surface area (Å²) in [6, 6.07) is 1.34. The molecule has 0 saturated heterocycles. The molecule has 1 N–H and O–H groups in total. The zero-order chi connectivity index (χ0) is 14.9. The lowest BCUT2D eigenvalue weighted by Gasteiger charge is -2.17. The normalized spacial score (nSPS) is 12.9. The molecule has 0 aliphatic carbocycles. The van der Waals surface area contributed by atoms with E-state index in [4.69, 9.17) is 23.2 Å². The van der Waals surface area contributed by atoms with Gasteiger partial charge in [0.15, 0.2) is 5.65 Å². The van der Waals surface area contributed by atoms with Crippen LogP contribution in [-0.4, -0.2) is 26.5 Å².